The summed E-state index contributed by atoms with van der Waals surface area (Å²) in [5.41, 5.74) is 2.91. The number of hydrogen-bond donors (Lipinski definition) is 1. The molecule has 2 unspecified atom stereocenters. The number of hydrogen-bond acceptors (Lipinski definition) is 8. The van der Waals surface area contributed by atoms with Crippen molar-refractivity contribution in [1.29, 1.82) is 0 Å². The van der Waals surface area contributed by atoms with Crippen LogP contribution in [-0.4, -0.2) is 77.6 Å². The predicted octanol–water partition coefficient (Wildman–Crippen LogP) is 2.41. The molecule has 1 N–H and O–H groups in total. The molecule has 0 aromatic heterocycles. The minimum Gasteiger partial charge on any atom is -0.462 e. The highest BCUT2D eigenvalue weighted by atomic mass is 35.5. The van der Waals surface area contributed by atoms with Crippen molar-refractivity contribution >= 4 is 29.0 Å². The van der Waals surface area contributed by atoms with Gasteiger partial charge in [-0.1, -0.05) is 23.7 Å². The highest BCUT2D eigenvalue weighted by Crippen LogP contribution is 2.35. The number of ether oxygens (including phenoxy) is 2. The van der Waals surface area contributed by atoms with Gasteiger partial charge >= 0.3 is 5.97 Å². The van der Waals surface area contributed by atoms with Crippen LogP contribution in [0.2, 0.25) is 5.02 Å². The van der Waals surface area contributed by atoms with Crippen LogP contribution in [0.5, 0.6) is 0 Å². The Labute approximate surface area is 186 Å². The zero-order chi connectivity index (χ0) is 22.0. The van der Waals surface area contributed by atoms with Crippen molar-refractivity contribution in [2.75, 3.05) is 33.0 Å². The number of morpholine rings is 1. The van der Waals surface area contributed by atoms with Crippen LogP contribution in [0.25, 0.3) is 0 Å². The first kappa shape index (κ1) is 21.8. The zero-order valence-electron chi connectivity index (χ0n) is 17.8. The Morgan fingerprint density at radius 1 is 1.35 bits per heavy atom. The van der Waals surface area contributed by atoms with Gasteiger partial charge in [0.15, 0.2) is 0 Å². The van der Waals surface area contributed by atoms with Crippen molar-refractivity contribution in [3.05, 3.63) is 46.2 Å². The maximum Gasteiger partial charge on any atom is 0.343 e. The topological polar surface area (TPSA) is 87.0 Å². The molecular weight excluding hydrogens is 420 g/mol. The van der Waals surface area contributed by atoms with Crippen molar-refractivity contribution in [1.82, 2.24) is 9.91 Å². The molecule has 3 heterocycles. The minimum absolute atomic E-state index is 0.0301. The largest absolute Gasteiger partial charge is 0.462 e. The summed E-state index contributed by atoms with van der Waals surface area (Å²) >= 11 is 6.04. The van der Waals surface area contributed by atoms with Crippen LogP contribution in [0, 0.1) is 0 Å². The van der Waals surface area contributed by atoms with E-state index in [1.807, 2.05) is 36.2 Å². The fraction of sp³-hybridized carbons (Fsp3) is 0.500. The Bertz CT molecular complexity index is 926. The predicted molar refractivity (Wildman–Crippen MR) is 118 cm³/mol. The van der Waals surface area contributed by atoms with Crippen molar-refractivity contribution in [3.8, 4) is 0 Å². The quantitative estimate of drug-likeness (QED) is 0.675. The summed E-state index contributed by atoms with van der Waals surface area (Å²) in [4.78, 5) is 19.8. The maximum absolute atomic E-state index is 12.9. The number of hydrazone groups is 1. The number of nitrogens with zero attached hydrogens (tertiary/aromatic N) is 4. The van der Waals surface area contributed by atoms with Crippen LogP contribution < -0.4 is 0 Å². The molecule has 0 amide bonds. The molecule has 4 rings (SSSR count). The summed E-state index contributed by atoms with van der Waals surface area (Å²) in [6.45, 7) is 5.52. The number of aliphatic hydroxyl groups is 1. The van der Waals surface area contributed by atoms with E-state index < -0.39 is 5.97 Å². The van der Waals surface area contributed by atoms with Gasteiger partial charge in [0.05, 0.1) is 37.3 Å². The van der Waals surface area contributed by atoms with Gasteiger partial charge in [-0.3, -0.25) is 4.99 Å². The van der Waals surface area contributed by atoms with Crippen LogP contribution in [0.1, 0.15) is 32.3 Å². The lowest BCUT2D eigenvalue weighted by atomic mass is 10.0. The lowest BCUT2D eigenvalue weighted by Gasteiger charge is -2.43. The summed E-state index contributed by atoms with van der Waals surface area (Å²) in [7, 11) is 0. The molecule has 3 aliphatic rings. The average molecular weight is 447 g/mol. The lowest BCUT2D eigenvalue weighted by molar-refractivity contribution is -0.138. The van der Waals surface area contributed by atoms with Crippen LogP contribution >= 0.6 is 11.6 Å². The minimum atomic E-state index is -0.415. The molecule has 1 fully saturated rings. The molecule has 0 aliphatic carbocycles. The molecule has 3 aliphatic heterocycles. The second kappa shape index (κ2) is 9.38. The molecule has 8 nitrogen and oxygen atoms in total. The molecule has 31 heavy (non-hydrogen) atoms. The monoisotopic (exact) mass is 446 g/mol. The van der Waals surface area contributed by atoms with E-state index in [9.17, 15) is 9.90 Å². The van der Waals surface area contributed by atoms with E-state index in [1.165, 1.54) is 0 Å². The maximum atomic E-state index is 12.9. The van der Waals surface area contributed by atoms with Crippen LogP contribution in [0.15, 0.2) is 45.8 Å². The van der Waals surface area contributed by atoms with Gasteiger partial charge in [0.25, 0.3) is 0 Å². The molecule has 2 atom stereocenters. The normalized spacial score (nSPS) is 23.5. The molecule has 9 heteroatoms. The van der Waals surface area contributed by atoms with Gasteiger partial charge in [-0.2, -0.15) is 5.10 Å². The van der Waals surface area contributed by atoms with Crippen molar-refractivity contribution in [2.45, 2.75) is 38.9 Å². The number of carbonyl (C=O) groups excluding carboxylic acids is 1. The summed E-state index contributed by atoms with van der Waals surface area (Å²) in [5.74, 6) is 0.267. The number of esters is 1. The number of aliphatic imine (C=N–C) groups is 1. The first-order valence-electron chi connectivity index (χ1n) is 10.6. The van der Waals surface area contributed by atoms with E-state index in [0.29, 0.717) is 54.7 Å². The Morgan fingerprint density at radius 3 is 2.84 bits per heavy atom. The van der Waals surface area contributed by atoms with E-state index >= 15 is 0 Å². The second-order valence-electron chi connectivity index (χ2n) is 7.65. The number of carbonyl (C=O) groups is 1. The fourth-order valence-electron chi connectivity index (χ4n) is 4.21. The van der Waals surface area contributed by atoms with Crippen molar-refractivity contribution < 1.29 is 19.4 Å². The molecule has 1 saturated heterocycles. The van der Waals surface area contributed by atoms with Gasteiger partial charge in [-0.05, 0) is 38.0 Å². The third-order valence-corrected chi connectivity index (χ3v) is 5.90. The number of benzene rings is 1. The molecular formula is C22H27ClN4O4. The first-order chi connectivity index (χ1) is 15.0. The Balaban J connectivity index is 1.79. The first-order valence-corrected chi connectivity index (χ1v) is 10.9. The molecule has 1 aromatic carbocycles. The molecule has 0 radical (unpaired) electrons. The van der Waals surface area contributed by atoms with Crippen LogP contribution in [0.3, 0.4) is 0 Å². The van der Waals surface area contributed by atoms with Crippen LogP contribution in [0.4, 0.5) is 0 Å². The third kappa shape index (κ3) is 4.33. The van der Waals surface area contributed by atoms with E-state index in [4.69, 9.17) is 31.2 Å². The van der Waals surface area contributed by atoms with E-state index in [2.05, 4.69) is 4.90 Å². The Hall–Kier alpha value is -2.42. The van der Waals surface area contributed by atoms with Crippen molar-refractivity contribution in [3.63, 3.8) is 0 Å². The highest BCUT2D eigenvalue weighted by molar-refractivity contribution is 6.30. The van der Waals surface area contributed by atoms with Gasteiger partial charge in [0.2, 0.25) is 0 Å². The van der Waals surface area contributed by atoms with Gasteiger partial charge < -0.3 is 19.5 Å². The van der Waals surface area contributed by atoms with Gasteiger partial charge in [-0.25, -0.2) is 9.80 Å². The van der Waals surface area contributed by atoms with Gasteiger partial charge in [-0.15, -0.1) is 0 Å². The average Bonchev–Trinajstić information content (AvgIpc) is 3.17. The molecule has 0 spiro atoms. The summed E-state index contributed by atoms with van der Waals surface area (Å²) in [6.07, 6.45) is 0.909. The third-order valence-electron chi connectivity index (χ3n) is 5.65. The number of fused-ring (bicyclic) bond motifs is 1. The van der Waals surface area contributed by atoms with Crippen LogP contribution in [-0.2, 0) is 14.3 Å². The van der Waals surface area contributed by atoms with E-state index in [1.54, 1.807) is 6.92 Å². The number of rotatable bonds is 6. The summed E-state index contributed by atoms with van der Waals surface area (Å²) in [6, 6.07) is 7.49. The smallest absolute Gasteiger partial charge is 0.343 e. The fourth-order valence-corrected chi connectivity index (χ4v) is 4.33. The molecule has 0 saturated carbocycles. The standard InChI is InChI=1S/C22H27ClN4O4/c1-3-31-22(29)20-14(2)24-19-12-18(15-4-6-16(23)7-5-15)25-27(19)21(20)26-9-11-30-13-17(26)8-10-28/h4-7,17,19,28H,3,8-13H2,1-2H3. The Kier molecular flexibility index (Phi) is 6.60. The SMILES string of the molecule is CCOC(=O)C1=C(N2CCOCC2CCO)N2N=C(c3ccc(Cl)cc3)CC2N=C1C. The summed E-state index contributed by atoms with van der Waals surface area (Å²) in [5, 5.41) is 17.0. The molecule has 1 aromatic rings. The number of aliphatic hydroxyl groups excluding tert-OH is 1. The van der Waals surface area contributed by atoms with Gasteiger partial charge in [0, 0.05) is 24.6 Å². The van der Waals surface area contributed by atoms with E-state index in [-0.39, 0.29) is 25.4 Å². The number of halogens is 1. The Morgan fingerprint density at radius 2 is 2.13 bits per heavy atom. The molecule has 166 valence electrons. The summed E-state index contributed by atoms with van der Waals surface area (Å²) < 4.78 is 11.0. The van der Waals surface area contributed by atoms with Crippen molar-refractivity contribution in [2.24, 2.45) is 10.1 Å². The second-order valence-corrected chi connectivity index (χ2v) is 8.09. The van der Waals surface area contributed by atoms with E-state index in [0.717, 1.165) is 11.3 Å². The van der Waals surface area contributed by atoms with Gasteiger partial charge in [0.1, 0.15) is 17.6 Å². The molecule has 0 bridgehead atoms. The zero-order valence-corrected chi connectivity index (χ0v) is 18.5. The lowest BCUT2D eigenvalue weighted by Crippen LogP contribution is -2.51. The highest BCUT2D eigenvalue weighted by Gasteiger charge is 2.42.